The Bertz CT molecular complexity index is 441. The summed E-state index contributed by atoms with van der Waals surface area (Å²) >= 11 is 0. The Balaban J connectivity index is 3.04. The molecule has 0 fully saturated rings. The molecule has 2 unspecified atom stereocenters. The summed E-state index contributed by atoms with van der Waals surface area (Å²) in [5.41, 5.74) is 0.459. The summed E-state index contributed by atoms with van der Waals surface area (Å²) in [6, 6.07) is 5.09. The molecule has 0 bridgehead atoms. The molecule has 3 nitrogen and oxygen atoms in total. The molecule has 0 aliphatic heterocycles. The largest absolute Gasteiger partial charge is 0.464 e. The Morgan fingerprint density at radius 3 is 2.56 bits per heavy atom. The van der Waals surface area contributed by atoms with Crippen molar-refractivity contribution < 1.29 is 19.0 Å². The fraction of sp³-hybridized carbons (Fsp3) is 0.500. The van der Waals surface area contributed by atoms with Crippen molar-refractivity contribution in [1.82, 2.24) is 0 Å². The van der Waals surface area contributed by atoms with E-state index in [1.165, 1.54) is 6.92 Å². The molecule has 1 aromatic rings. The topological polar surface area (TPSA) is 46.5 Å². The van der Waals surface area contributed by atoms with Crippen LogP contribution in [0.5, 0.6) is 0 Å². The minimum atomic E-state index is -2.10. The van der Waals surface area contributed by atoms with Crippen LogP contribution in [-0.2, 0) is 15.1 Å². The Morgan fingerprint density at radius 1 is 1.44 bits per heavy atom. The summed E-state index contributed by atoms with van der Waals surface area (Å²) in [6.07, 6.45) is -2.10. The van der Waals surface area contributed by atoms with Crippen LogP contribution in [-0.4, -0.2) is 23.9 Å². The van der Waals surface area contributed by atoms with Crippen molar-refractivity contribution in [2.24, 2.45) is 0 Å². The van der Waals surface area contributed by atoms with Crippen molar-refractivity contribution in [2.75, 3.05) is 6.61 Å². The van der Waals surface area contributed by atoms with Gasteiger partial charge in [-0.1, -0.05) is 18.2 Å². The van der Waals surface area contributed by atoms with E-state index in [0.29, 0.717) is 5.56 Å². The zero-order chi connectivity index (χ0) is 13.9. The Hall–Kier alpha value is -1.42. The second-order valence-corrected chi connectivity index (χ2v) is 4.56. The van der Waals surface area contributed by atoms with Gasteiger partial charge in [-0.3, -0.25) is 0 Å². The van der Waals surface area contributed by atoms with Crippen LogP contribution in [0.25, 0.3) is 0 Å². The zero-order valence-electron chi connectivity index (χ0n) is 11.2. The number of halogens is 1. The lowest BCUT2D eigenvalue weighted by molar-refractivity contribution is -0.160. The van der Waals surface area contributed by atoms with Crippen LogP contribution < -0.4 is 0 Å². The predicted octanol–water partition coefficient (Wildman–Crippen LogP) is 2.41. The number of ether oxygens (including phenoxy) is 1. The number of alkyl halides is 1. The van der Waals surface area contributed by atoms with Crippen molar-refractivity contribution in [3.63, 3.8) is 0 Å². The van der Waals surface area contributed by atoms with Gasteiger partial charge in [0.25, 0.3) is 0 Å². The van der Waals surface area contributed by atoms with Crippen molar-refractivity contribution >= 4 is 5.97 Å². The first kappa shape index (κ1) is 14.6. The van der Waals surface area contributed by atoms with Gasteiger partial charge in [-0.2, -0.15) is 0 Å². The summed E-state index contributed by atoms with van der Waals surface area (Å²) in [5, 5.41) is 10.2. The van der Waals surface area contributed by atoms with E-state index in [2.05, 4.69) is 4.74 Å². The van der Waals surface area contributed by atoms with Gasteiger partial charge < -0.3 is 9.84 Å². The van der Waals surface area contributed by atoms with Crippen LogP contribution in [0.15, 0.2) is 18.2 Å². The molecular formula is C14H19FO3. The van der Waals surface area contributed by atoms with Gasteiger partial charge in [0.05, 0.1) is 6.61 Å². The lowest BCUT2D eigenvalue weighted by Gasteiger charge is -2.27. The fourth-order valence-electron chi connectivity index (χ4n) is 1.65. The second kappa shape index (κ2) is 5.48. The van der Waals surface area contributed by atoms with Crippen molar-refractivity contribution in [3.05, 3.63) is 34.9 Å². The number of rotatable bonds is 4. The first-order valence-corrected chi connectivity index (χ1v) is 5.91. The Kier molecular flexibility index (Phi) is 4.46. The molecule has 0 saturated heterocycles. The van der Waals surface area contributed by atoms with E-state index in [1.807, 2.05) is 13.8 Å². The standard InChI is InChI=1S/C14H19FO3/c1-5-18-13(16)12(15)14(4,17)11-7-6-9(2)10(3)8-11/h6-8,12,17H,5H2,1-4H3. The van der Waals surface area contributed by atoms with Crippen LogP contribution >= 0.6 is 0 Å². The highest BCUT2D eigenvalue weighted by Crippen LogP contribution is 2.29. The van der Waals surface area contributed by atoms with E-state index in [4.69, 9.17) is 0 Å². The van der Waals surface area contributed by atoms with Gasteiger partial charge in [-0.05, 0) is 44.4 Å². The highest BCUT2D eigenvalue weighted by atomic mass is 19.1. The van der Waals surface area contributed by atoms with Crippen LogP contribution in [0.3, 0.4) is 0 Å². The van der Waals surface area contributed by atoms with E-state index in [1.54, 1.807) is 25.1 Å². The lowest BCUT2D eigenvalue weighted by Crippen LogP contribution is -2.40. The van der Waals surface area contributed by atoms with Gasteiger partial charge in [0, 0.05) is 0 Å². The van der Waals surface area contributed by atoms with Crippen LogP contribution in [0, 0.1) is 13.8 Å². The van der Waals surface area contributed by atoms with Gasteiger partial charge in [0.2, 0.25) is 6.17 Å². The lowest BCUT2D eigenvalue weighted by atomic mass is 9.89. The smallest absolute Gasteiger partial charge is 0.344 e. The molecule has 0 aliphatic rings. The Morgan fingerprint density at radius 2 is 2.06 bits per heavy atom. The number of benzene rings is 1. The molecule has 0 aromatic heterocycles. The first-order valence-electron chi connectivity index (χ1n) is 5.91. The first-order chi connectivity index (χ1) is 8.30. The number of aliphatic hydroxyl groups is 1. The Labute approximate surface area is 107 Å². The van der Waals surface area contributed by atoms with E-state index in [-0.39, 0.29) is 6.61 Å². The molecule has 2 atom stereocenters. The van der Waals surface area contributed by atoms with Crippen LogP contribution in [0.4, 0.5) is 4.39 Å². The second-order valence-electron chi connectivity index (χ2n) is 4.56. The summed E-state index contributed by atoms with van der Waals surface area (Å²) < 4.78 is 18.5. The SMILES string of the molecule is CCOC(=O)C(F)C(C)(O)c1ccc(C)c(C)c1. The summed E-state index contributed by atoms with van der Waals surface area (Å²) in [5.74, 6) is -1.04. The quantitative estimate of drug-likeness (QED) is 0.839. The summed E-state index contributed by atoms with van der Waals surface area (Å²) in [7, 11) is 0. The monoisotopic (exact) mass is 254 g/mol. The number of aryl methyl sites for hydroxylation is 2. The fourth-order valence-corrected chi connectivity index (χ4v) is 1.65. The molecule has 1 rings (SSSR count). The van der Waals surface area contributed by atoms with Crippen molar-refractivity contribution in [3.8, 4) is 0 Å². The maximum Gasteiger partial charge on any atom is 0.344 e. The number of esters is 1. The highest BCUT2D eigenvalue weighted by Gasteiger charge is 2.40. The van der Waals surface area contributed by atoms with Crippen LogP contribution in [0.1, 0.15) is 30.5 Å². The number of hydrogen-bond donors (Lipinski definition) is 1. The number of carbonyl (C=O) groups is 1. The molecule has 0 aliphatic carbocycles. The van der Waals surface area contributed by atoms with Gasteiger partial charge in [0.15, 0.2) is 0 Å². The average Bonchev–Trinajstić information content (AvgIpc) is 2.31. The van der Waals surface area contributed by atoms with Gasteiger partial charge in [-0.15, -0.1) is 0 Å². The summed E-state index contributed by atoms with van der Waals surface area (Å²) in [6.45, 7) is 6.74. The molecule has 4 heteroatoms. The molecule has 0 heterocycles. The predicted molar refractivity (Wildman–Crippen MR) is 67.0 cm³/mol. The molecule has 100 valence electrons. The molecule has 18 heavy (non-hydrogen) atoms. The van der Waals surface area contributed by atoms with Crippen molar-refractivity contribution in [2.45, 2.75) is 39.5 Å². The summed E-state index contributed by atoms with van der Waals surface area (Å²) in [4.78, 5) is 11.4. The third kappa shape index (κ3) is 2.88. The zero-order valence-corrected chi connectivity index (χ0v) is 11.2. The van der Waals surface area contributed by atoms with E-state index in [9.17, 15) is 14.3 Å². The molecule has 0 saturated carbocycles. The molecule has 0 radical (unpaired) electrons. The third-order valence-electron chi connectivity index (χ3n) is 3.08. The maximum absolute atomic E-state index is 14.0. The number of carbonyl (C=O) groups excluding carboxylic acids is 1. The highest BCUT2D eigenvalue weighted by molar-refractivity contribution is 5.76. The molecular weight excluding hydrogens is 235 g/mol. The minimum absolute atomic E-state index is 0.0856. The normalized spacial score (nSPS) is 15.9. The van der Waals surface area contributed by atoms with Gasteiger partial charge >= 0.3 is 5.97 Å². The van der Waals surface area contributed by atoms with E-state index >= 15 is 0 Å². The van der Waals surface area contributed by atoms with Gasteiger partial charge in [0.1, 0.15) is 5.60 Å². The van der Waals surface area contributed by atoms with Gasteiger partial charge in [-0.25, -0.2) is 9.18 Å². The molecule has 1 N–H and O–H groups in total. The van der Waals surface area contributed by atoms with E-state index < -0.39 is 17.7 Å². The maximum atomic E-state index is 14.0. The van der Waals surface area contributed by atoms with Crippen molar-refractivity contribution in [1.29, 1.82) is 0 Å². The molecule has 1 aromatic carbocycles. The average molecular weight is 254 g/mol. The third-order valence-corrected chi connectivity index (χ3v) is 3.08. The van der Waals surface area contributed by atoms with Crippen LogP contribution in [0.2, 0.25) is 0 Å². The molecule has 0 amide bonds. The molecule has 0 spiro atoms. The number of hydrogen-bond acceptors (Lipinski definition) is 3. The van der Waals surface area contributed by atoms with E-state index in [0.717, 1.165) is 11.1 Å². The minimum Gasteiger partial charge on any atom is -0.464 e.